The summed E-state index contributed by atoms with van der Waals surface area (Å²) in [6.07, 6.45) is 3.01. The number of thiophene rings is 1. The van der Waals surface area contributed by atoms with Crippen LogP contribution in [0.2, 0.25) is 0 Å². The van der Waals surface area contributed by atoms with Crippen LogP contribution < -0.4 is 5.32 Å². The van der Waals surface area contributed by atoms with E-state index in [1.165, 1.54) is 10.9 Å². The molecular formula is C16H20N2O2S. The standard InChI is InChI=1S/C16H20N2O2S/c1-2-5-16(17-10-9-15-8-4-11-21-15)13-6-3-7-14(12-13)18(19)20/h3-4,6-8,11-12,16-17H,2,5,9-10H2,1H3. The second-order valence-corrected chi connectivity index (χ2v) is 6.01. The summed E-state index contributed by atoms with van der Waals surface area (Å²) in [7, 11) is 0. The van der Waals surface area contributed by atoms with E-state index in [9.17, 15) is 10.1 Å². The highest BCUT2D eigenvalue weighted by Gasteiger charge is 2.13. The van der Waals surface area contributed by atoms with Gasteiger partial charge in [0.15, 0.2) is 0 Å². The predicted molar refractivity (Wildman–Crippen MR) is 86.8 cm³/mol. The zero-order valence-electron chi connectivity index (χ0n) is 12.1. The topological polar surface area (TPSA) is 55.2 Å². The molecule has 0 radical (unpaired) electrons. The lowest BCUT2D eigenvalue weighted by Crippen LogP contribution is -2.23. The van der Waals surface area contributed by atoms with Gasteiger partial charge in [0, 0.05) is 29.6 Å². The van der Waals surface area contributed by atoms with Gasteiger partial charge in [-0.1, -0.05) is 31.5 Å². The maximum Gasteiger partial charge on any atom is 0.269 e. The van der Waals surface area contributed by atoms with E-state index in [1.807, 2.05) is 6.07 Å². The highest BCUT2D eigenvalue weighted by Crippen LogP contribution is 2.23. The van der Waals surface area contributed by atoms with Crippen LogP contribution in [0.3, 0.4) is 0 Å². The minimum absolute atomic E-state index is 0.161. The van der Waals surface area contributed by atoms with Gasteiger partial charge in [0.05, 0.1) is 4.92 Å². The van der Waals surface area contributed by atoms with E-state index in [0.717, 1.165) is 31.4 Å². The molecule has 0 amide bonds. The lowest BCUT2D eigenvalue weighted by molar-refractivity contribution is -0.384. The molecule has 0 spiro atoms. The SMILES string of the molecule is CCCC(NCCc1cccs1)c1cccc([N+](=O)[O-])c1. The molecule has 4 nitrogen and oxygen atoms in total. The van der Waals surface area contributed by atoms with Crippen molar-refractivity contribution in [3.05, 3.63) is 62.3 Å². The van der Waals surface area contributed by atoms with Gasteiger partial charge >= 0.3 is 0 Å². The fourth-order valence-electron chi connectivity index (χ4n) is 2.35. The van der Waals surface area contributed by atoms with Crippen molar-refractivity contribution in [2.45, 2.75) is 32.2 Å². The molecule has 1 unspecified atom stereocenters. The van der Waals surface area contributed by atoms with E-state index in [2.05, 4.69) is 29.8 Å². The normalized spacial score (nSPS) is 12.2. The van der Waals surface area contributed by atoms with Crippen molar-refractivity contribution in [3.8, 4) is 0 Å². The number of hydrogen-bond acceptors (Lipinski definition) is 4. The summed E-state index contributed by atoms with van der Waals surface area (Å²) in [5.74, 6) is 0. The van der Waals surface area contributed by atoms with Gasteiger partial charge in [-0.15, -0.1) is 11.3 Å². The van der Waals surface area contributed by atoms with E-state index in [4.69, 9.17) is 0 Å². The highest BCUT2D eigenvalue weighted by molar-refractivity contribution is 7.09. The number of nitrogens with one attached hydrogen (secondary N) is 1. The predicted octanol–water partition coefficient (Wildman–Crippen LogP) is 4.33. The Morgan fingerprint density at radius 1 is 1.33 bits per heavy atom. The molecule has 21 heavy (non-hydrogen) atoms. The van der Waals surface area contributed by atoms with Crippen LogP contribution in [0.4, 0.5) is 5.69 Å². The first-order valence-corrected chi connectivity index (χ1v) is 8.08. The van der Waals surface area contributed by atoms with Crippen LogP contribution >= 0.6 is 11.3 Å². The summed E-state index contributed by atoms with van der Waals surface area (Å²) in [6, 6.07) is 11.3. The summed E-state index contributed by atoms with van der Waals surface area (Å²) < 4.78 is 0. The lowest BCUT2D eigenvalue weighted by atomic mass is 10.0. The second-order valence-electron chi connectivity index (χ2n) is 4.98. The van der Waals surface area contributed by atoms with Gasteiger partial charge in [-0.25, -0.2) is 0 Å². The molecule has 0 saturated heterocycles. The molecule has 1 atom stereocenters. The van der Waals surface area contributed by atoms with Gasteiger partial charge in [0.1, 0.15) is 0 Å². The average Bonchev–Trinajstić information content (AvgIpc) is 3.00. The second kappa shape index (κ2) is 7.90. The average molecular weight is 304 g/mol. The van der Waals surface area contributed by atoms with Crippen molar-refractivity contribution >= 4 is 17.0 Å². The Bertz CT molecular complexity index is 569. The Kier molecular flexibility index (Phi) is 5.90. The Hall–Kier alpha value is -1.72. The van der Waals surface area contributed by atoms with E-state index < -0.39 is 0 Å². The number of nitrogens with zero attached hydrogens (tertiary/aromatic N) is 1. The highest BCUT2D eigenvalue weighted by atomic mass is 32.1. The van der Waals surface area contributed by atoms with Crippen LogP contribution in [0, 0.1) is 10.1 Å². The first-order valence-electron chi connectivity index (χ1n) is 7.21. The largest absolute Gasteiger partial charge is 0.310 e. The van der Waals surface area contributed by atoms with Crippen molar-refractivity contribution < 1.29 is 4.92 Å². The third kappa shape index (κ3) is 4.65. The van der Waals surface area contributed by atoms with E-state index in [1.54, 1.807) is 23.5 Å². The summed E-state index contributed by atoms with van der Waals surface area (Å²) in [6.45, 7) is 3.01. The maximum atomic E-state index is 10.9. The summed E-state index contributed by atoms with van der Waals surface area (Å²) in [5.41, 5.74) is 1.16. The van der Waals surface area contributed by atoms with Crippen LogP contribution in [0.1, 0.15) is 36.2 Å². The van der Waals surface area contributed by atoms with Crippen LogP contribution in [0.25, 0.3) is 0 Å². The Labute approximate surface area is 129 Å². The van der Waals surface area contributed by atoms with E-state index in [-0.39, 0.29) is 16.7 Å². The Morgan fingerprint density at radius 3 is 2.86 bits per heavy atom. The molecule has 1 aromatic heterocycles. The molecule has 2 aromatic rings. The van der Waals surface area contributed by atoms with Crippen molar-refractivity contribution in [2.24, 2.45) is 0 Å². The van der Waals surface area contributed by atoms with Gasteiger partial charge < -0.3 is 5.32 Å². The fraction of sp³-hybridized carbons (Fsp3) is 0.375. The number of hydrogen-bond donors (Lipinski definition) is 1. The maximum absolute atomic E-state index is 10.9. The molecule has 0 aliphatic heterocycles. The van der Waals surface area contributed by atoms with Crippen molar-refractivity contribution in [1.82, 2.24) is 5.32 Å². The summed E-state index contributed by atoms with van der Waals surface area (Å²) in [5, 5.41) is 16.5. The molecular weight excluding hydrogens is 284 g/mol. The molecule has 0 fully saturated rings. The molecule has 1 aromatic carbocycles. The Balaban J connectivity index is 2.00. The van der Waals surface area contributed by atoms with E-state index >= 15 is 0 Å². The van der Waals surface area contributed by atoms with Crippen LogP contribution in [-0.2, 0) is 6.42 Å². The first-order chi connectivity index (χ1) is 10.2. The minimum atomic E-state index is -0.335. The molecule has 0 aliphatic rings. The zero-order chi connectivity index (χ0) is 15.1. The summed E-state index contributed by atoms with van der Waals surface area (Å²) >= 11 is 1.76. The van der Waals surface area contributed by atoms with Gasteiger partial charge in [-0.05, 0) is 29.9 Å². The molecule has 0 bridgehead atoms. The van der Waals surface area contributed by atoms with Gasteiger partial charge in [-0.3, -0.25) is 10.1 Å². The smallest absolute Gasteiger partial charge is 0.269 e. The molecule has 1 heterocycles. The quantitative estimate of drug-likeness (QED) is 0.583. The van der Waals surface area contributed by atoms with Crippen LogP contribution in [0.5, 0.6) is 0 Å². The van der Waals surface area contributed by atoms with Crippen molar-refractivity contribution in [2.75, 3.05) is 6.54 Å². The van der Waals surface area contributed by atoms with E-state index in [0.29, 0.717) is 0 Å². The zero-order valence-corrected chi connectivity index (χ0v) is 12.9. The summed E-state index contributed by atoms with van der Waals surface area (Å²) in [4.78, 5) is 11.9. The van der Waals surface area contributed by atoms with Gasteiger partial charge in [0.2, 0.25) is 0 Å². The first kappa shape index (κ1) is 15.7. The molecule has 1 N–H and O–H groups in total. The Morgan fingerprint density at radius 2 is 2.19 bits per heavy atom. The number of non-ortho nitro benzene ring substituents is 1. The van der Waals surface area contributed by atoms with Gasteiger partial charge in [-0.2, -0.15) is 0 Å². The van der Waals surface area contributed by atoms with Gasteiger partial charge in [0.25, 0.3) is 5.69 Å². The molecule has 2 rings (SSSR count). The molecule has 0 saturated carbocycles. The third-order valence-electron chi connectivity index (χ3n) is 3.40. The van der Waals surface area contributed by atoms with Crippen LogP contribution in [-0.4, -0.2) is 11.5 Å². The van der Waals surface area contributed by atoms with Crippen LogP contribution in [0.15, 0.2) is 41.8 Å². The molecule has 5 heteroatoms. The third-order valence-corrected chi connectivity index (χ3v) is 4.34. The molecule has 112 valence electrons. The number of nitro benzene ring substituents is 1. The lowest BCUT2D eigenvalue weighted by Gasteiger charge is -2.18. The van der Waals surface area contributed by atoms with Crippen molar-refractivity contribution in [3.63, 3.8) is 0 Å². The fourth-order valence-corrected chi connectivity index (χ4v) is 3.06. The van der Waals surface area contributed by atoms with Crippen molar-refractivity contribution in [1.29, 1.82) is 0 Å². The number of rotatable bonds is 8. The number of nitro groups is 1. The minimum Gasteiger partial charge on any atom is -0.310 e. The number of benzene rings is 1. The monoisotopic (exact) mass is 304 g/mol. The molecule has 0 aliphatic carbocycles.